The number of ether oxygens (including phenoxy) is 3. The predicted octanol–water partition coefficient (Wildman–Crippen LogP) is 2.39. The molecule has 1 N–H and O–H groups in total. The van der Waals surface area contributed by atoms with E-state index in [1.165, 1.54) is 0 Å². The summed E-state index contributed by atoms with van der Waals surface area (Å²) in [5.74, 6) is 1.33. The standard InChI is InChI=1S/C22H29N3O4/c1-16(22(26)24-13-17-7-8-20(27-2)21(12-17)28-3)25-11-9-19(14-25)29-15-18-6-4-5-10-23-18/h4-8,10,12,16,19H,9,11,13-15H2,1-3H3,(H,24,26)/t16-,19+/m1/s1. The van der Waals surface area contributed by atoms with Gasteiger partial charge in [0.25, 0.3) is 0 Å². The predicted molar refractivity (Wildman–Crippen MR) is 110 cm³/mol. The van der Waals surface area contributed by atoms with Gasteiger partial charge in [0.15, 0.2) is 11.5 Å². The zero-order valence-corrected chi connectivity index (χ0v) is 17.3. The second kappa shape index (κ2) is 10.2. The summed E-state index contributed by atoms with van der Waals surface area (Å²) in [5, 5.41) is 3.01. The zero-order chi connectivity index (χ0) is 20.6. The number of nitrogens with zero attached hydrogens (tertiary/aromatic N) is 2. The first-order chi connectivity index (χ1) is 14.1. The lowest BCUT2D eigenvalue weighted by Crippen LogP contribution is -2.44. The SMILES string of the molecule is COc1ccc(CNC(=O)[C@@H](C)N2CC[C@H](OCc3ccccn3)C2)cc1OC. The molecular formula is C22H29N3O4. The van der Waals surface area contributed by atoms with Crippen LogP contribution in [-0.4, -0.2) is 55.2 Å². The highest BCUT2D eigenvalue weighted by atomic mass is 16.5. The highest BCUT2D eigenvalue weighted by molar-refractivity contribution is 5.81. The van der Waals surface area contributed by atoms with Gasteiger partial charge in [-0.05, 0) is 43.2 Å². The largest absolute Gasteiger partial charge is 0.493 e. The van der Waals surface area contributed by atoms with Crippen molar-refractivity contribution in [3.8, 4) is 11.5 Å². The van der Waals surface area contributed by atoms with E-state index in [4.69, 9.17) is 14.2 Å². The van der Waals surface area contributed by atoms with Gasteiger partial charge in [0.05, 0.1) is 38.7 Å². The molecule has 1 aromatic heterocycles. The maximum Gasteiger partial charge on any atom is 0.237 e. The number of hydrogen-bond acceptors (Lipinski definition) is 6. The molecule has 2 aromatic rings. The highest BCUT2D eigenvalue weighted by Crippen LogP contribution is 2.27. The van der Waals surface area contributed by atoms with Crippen molar-refractivity contribution in [2.24, 2.45) is 0 Å². The lowest BCUT2D eigenvalue weighted by molar-refractivity contribution is -0.125. The molecule has 1 saturated heterocycles. The number of nitrogens with one attached hydrogen (secondary N) is 1. The van der Waals surface area contributed by atoms with E-state index in [9.17, 15) is 4.79 Å². The van der Waals surface area contributed by atoms with Gasteiger partial charge in [0.1, 0.15) is 0 Å². The number of hydrogen-bond donors (Lipinski definition) is 1. The molecule has 156 valence electrons. The van der Waals surface area contributed by atoms with Crippen LogP contribution in [0.3, 0.4) is 0 Å². The third-order valence-electron chi connectivity index (χ3n) is 5.21. The summed E-state index contributed by atoms with van der Waals surface area (Å²) < 4.78 is 16.5. The van der Waals surface area contributed by atoms with Crippen LogP contribution in [0.5, 0.6) is 11.5 Å². The number of amides is 1. The van der Waals surface area contributed by atoms with Crippen molar-refractivity contribution in [3.05, 3.63) is 53.9 Å². The number of pyridine rings is 1. The Hall–Kier alpha value is -2.64. The second-order valence-corrected chi connectivity index (χ2v) is 7.12. The minimum Gasteiger partial charge on any atom is -0.493 e. The quantitative estimate of drug-likeness (QED) is 0.698. The minimum absolute atomic E-state index is 0.00478. The summed E-state index contributed by atoms with van der Waals surface area (Å²) in [6.45, 7) is 4.47. The average molecular weight is 399 g/mol. The van der Waals surface area contributed by atoms with Gasteiger partial charge in [-0.15, -0.1) is 0 Å². The number of rotatable bonds is 9. The highest BCUT2D eigenvalue weighted by Gasteiger charge is 2.30. The van der Waals surface area contributed by atoms with Crippen LogP contribution in [-0.2, 0) is 22.7 Å². The van der Waals surface area contributed by atoms with Gasteiger partial charge >= 0.3 is 0 Å². The number of carbonyl (C=O) groups is 1. The third kappa shape index (κ3) is 5.68. The maximum absolute atomic E-state index is 12.6. The number of carbonyl (C=O) groups excluding carboxylic acids is 1. The van der Waals surface area contributed by atoms with E-state index in [1.807, 2.05) is 43.3 Å². The zero-order valence-electron chi connectivity index (χ0n) is 17.3. The Labute approximate surface area is 172 Å². The van der Waals surface area contributed by atoms with Crippen molar-refractivity contribution >= 4 is 5.91 Å². The average Bonchev–Trinajstić information content (AvgIpc) is 3.25. The monoisotopic (exact) mass is 399 g/mol. The van der Waals surface area contributed by atoms with Gasteiger partial charge in [-0.2, -0.15) is 0 Å². The second-order valence-electron chi connectivity index (χ2n) is 7.12. The van der Waals surface area contributed by atoms with E-state index < -0.39 is 0 Å². The molecule has 0 unspecified atom stereocenters. The van der Waals surface area contributed by atoms with E-state index in [0.717, 1.165) is 30.8 Å². The van der Waals surface area contributed by atoms with Crippen molar-refractivity contribution in [1.82, 2.24) is 15.2 Å². The van der Waals surface area contributed by atoms with Crippen LogP contribution < -0.4 is 14.8 Å². The Morgan fingerprint density at radius 3 is 2.79 bits per heavy atom. The first-order valence-corrected chi connectivity index (χ1v) is 9.85. The Morgan fingerprint density at radius 1 is 1.24 bits per heavy atom. The van der Waals surface area contributed by atoms with Crippen molar-refractivity contribution in [2.75, 3.05) is 27.3 Å². The minimum atomic E-state index is -0.210. The topological polar surface area (TPSA) is 72.9 Å². The molecule has 7 nitrogen and oxygen atoms in total. The van der Waals surface area contributed by atoms with Crippen molar-refractivity contribution in [2.45, 2.75) is 38.6 Å². The number of benzene rings is 1. The fourth-order valence-electron chi connectivity index (χ4n) is 3.42. The molecule has 1 aliphatic rings. The Morgan fingerprint density at radius 2 is 2.07 bits per heavy atom. The normalized spacial score (nSPS) is 17.7. The van der Waals surface area contributed by atoms with E-state index in [0.29, 0.717) is 24.7 Å². The number of aromatic nitrogens is 1. The van der Waals surface area contributed by atoms with Crippen LogP contribution in [0.2, 0.25) is 0 Å². The van der Waals surface area contributed by atoms with Crippen LogP contribution in [0.25, 0.3) is 0 Å². The van der Waals surface area contributed by atoms with Crippen LogP contribution in [0.4, 0.5) is 0 Å². The van der Waals surface area contributed by atoms with Crippen LogP contribution in [0.1, 0.15) is 24.6 Å². The summed E-state index contributed by atoms with van der Waals surface area (Å²) in [6.07, 6.45) is 2.81. The summed E-state index contributed by atoms with van der Waals surface area (Å²) in [7, 11) is 3.20. The summed E-state index contributed by atoms with van der Waals surface area (Å²) in [5.41, 5.74) is 1.88. The van der Waals surface area contributed by atoms with E-state index in [-0.39, 0.29) is 18.1 Å². The lowest BCUT2D eigenvalue weighted by atomic mass is 10.2. The third-order valence-corrected chi connectivity index (χ3v) is 5.21. The van der Waals surface area contributed by atoms with Crippen molar-refractivity contribution in [1.29, 1.82) is 0 Å². The molecule has 0 bridgehead atoms. The molecule has 0 saturated carbocycles. The van der Waals surface area contributed by atoms with Gasteiger partial charge < -0.3 is 19.5 Å². The Balaban J connectivity index is 1.45. The Bertz CT molecular complexity index is 800. The first-order valence-electron chi connectivity index (χ1n) is 9.85. The molecule has 0 aliphatic carbocycles. The maximum atomic E-state index is 12.6. The molecule has 2 atom stereocenters. The molecular weight excluding hydrogens is 370 g/mol. The van der Waals surface area contributed by atoms with Gasteiger partial charge in [0.2, 0.25) is 5.91 Å². The molecule has 1 aromatic carbocycles. The molecule has 3 rings (SSSR count). The molecule has 7 heteroatoms. The molecule has 1 fully saturated rings. The van der Waals surface area contributed by atoms with Crippen molar-refractivity contribution in [3.63, 3.8) is 0 Å². The van der Waals surface area contributed by atoms with E-state index in [2.05, 4.69) is 15.2 Å². The van der Waals surface area contributed by atoms with Crippen LogP contribution in [0, 0.1) is 0 Å². The molecule has 1 aliphatic heterocycles. The lowest BCUT2D eigenvalue weighted by Gasteiger charge is -2.23. The summed E-state index contributed by atoms with van der Waals surface area (Å²) in [4.78, 5) is 19.0. The summed E-state index contributed by atoms with van der Waals surface area (Å²) >= 11 is 0. The fourth-order valence-corrected chi connectivity index (χ4v) is 3.42. The number of likely N-dealkylation sites (tertiary alicyclic amines) is 1. The molecule has 2 heterocycles. The van der Waals surface area contributed by atoms with Gasteiger partial charge in [0, 0.05) is 25.8 Å². The molecule has 0 spiro atoms. The van der Waals surface area contributed by atoms with Crippen LogP contribution in [0.15, 0.2) is 42.6 Å². The number of methoxy groups -OCH3 is 2. The van der Waals surface area contributed by atoms with Crippen molar-refractivity contribution < 1.29 is 19.0 Å². The van der Waals surface area contributed by atoms with E-state index in [1.54, 1.807) is 20.4 Å². The first kappa shape index (κ1) is 21.1. The van der Waals surface area contributed by atoms with E-state index >= 15 is 0 Å². The smallest absolute Gasteiger partial charge is 0.237 e. The van der Waals surface area contributed by atoms with Gasteiger partial charge in [-0.1, -0.05) is 12.1 Å². The van der Waals surface area contributed by atoms with Gasteiger partial charge in [-0.3, -0.25) is 14.7 Å². The summed E-state index contributed by atoms with van der Waals surface area (Å²) in [6, 6.07) is 11.2. The molecule has 1 amide bonds. The Kier molecular flexibility index (Phi) is 7.43. The van der Waals surface area contributed by atoms with Gasteiger partial charge in [-0.25, -0.2) is 0 Å². The molecule has 29 heavy (non-hydrogen) atoms. The fraction of sp³-hybridized carbons (Fsp3) is 0.455. The molecule has 0 radical (unpaired) electrons. The van der Waals surface area contributed by atoms with Crippen LogP contribution >= 0.6 is 0 Å².